The van der Waals surface area contributed by atoms with E-state index in [0.717, 1.165) is 28.7 Å². The van der Waals surface area contributed by atoms with Gasteiger partial charge in [0.05, 0.1) is 11.9 Å². The monoisotopic (exact) mass is 370 g/mol. The first-order chi connectivity index (χ1) is 13.8. The number of nitrogens with zero attached hydrogens (tertiary/aromatic N) is 5. The molecule has 0 spiro atoms. The predicted octanol–water partition coefficient (Wildman–Crippen LogP) is 3.07. The number of carbonyl (C=O) groups is 1. The van der Waals surface area contributed by atoms with E-state index in [1.54, 1.807) is 11.1 Å². The molecule has 1 N–H and O–H groups in total. The molecule has 1 aliphatic heterocycles. The standard InChI is InChI=1S/C21H18N6O/c28-21(19-14-24-27(25-19)16-5-2-1-3-6-16)26-11-8-15(9-12-26)18-13-23-20-17(18)7-4-10-22-20/h1-8,10,13-14H,9,11-12H2,(H,22,23). The Kier molecular flexibility index (Phi) is 3.97. The van der Waals surface area contributed by atoms with Gasteiger partial charge in [-0.05, 0) is 36.3 Å². The van der Waals surface area contributed by atoms with Crippen LogP contribution in [0.15, 0.2) is 67.1 Å². The molecule has 0 bridgehead atoms. The van der Waals surface area contributed by atoms with Gasteiger partial charge in [0.25, 0.3) is 5.91 Å². The number of aromatic amines is 1. The van der Waals surface area contributed by atoms with E-state index in [1.165, 1.54) is 16.6 Å². The first-order valence-corrected chi connectivity index (χ1v) is 9.18. The molecule has 0 saturated heterocycles. The number of H-pyrrole nitrogens is 1. The summed E-state index contributed by atoms with van der Waals surface area (Å²) < 4.78 is 0. The van der Waals surface area contributed by atoms with Gasteiger partial charge in [-0.2, -0.15) is 9.90 Å². The van der Waals surface area contributed by atoms with Gasteiger partial charge in [0.15, 0.2) is 5.69 Å². The van der Waals surface area contributed by atoms with Gasteiger partial charge in [0.1, 0.15) is 5.65 Å². The third kappa shape index (κ3) is 2.87. The van der Waals surface area contributed by atoms with Crippen molar-refractivity contribution in [2.45, 2.75) is 6.42 Å². The lowest BCUT2D eigenvalue weighted by Crippen LogP contribution is -2.35. The molecule has 3 aromatic heterocycles. The van der Waals surface area contributed by atoms with Crippen molar-refractivity contribution < 1.29 is 4.79 Å². The summed E-state index contributed by atoms with van der Waals surface area (Å²) in [7, 11) is 0. The molecule has 28 heavy (non-hydrogen) atoms. The summed E-state index contributed by atoms with van der Waals surface area (Å²) in [5, 5.41) is 9.68. The highest BCUT2D eigenvalue weighted by atomic mass is 16.2. The van der Waals surface area contributed by atoms with Crippen LogP contribution in [0, 0.1) is 0 Å². The molecular formula is C21H18N6O. The highest BCUT2D eigenvalue weighted by Crippen LogP contribution is 2.28. The fourth-order valence-corrected chi connectivity index (χ4v) is 3.53. The number of aromatic nitrogens is 5. The number of para-hydroxylation sites is 1. The lowest BCUT2D eigenvalue weighted by Gasteiger charge is -2.25. The topological polar surface area (TPSA) is 79.7 Å². The molecule has 0 atom stereocenters. The third-order valence-corrected chi connectivity index (χ3v) is 4.99. The summed E-state index contributed by atoms with van der Waals surface area (Å²) in [6.45, 7) is 1.20. The second-order valence-electron chi connectivity index (χ2n) is 6.69. The van der Waals surface area contributed by atoms with Gasteiger partial charge in [-0.25, -0.2) is 4.98 Å². The lowest BCUT2D eigenvalue weighted by molar-refractivity contribution is 0.0766. The largest absolute Gasteiger partial charge is 0.346 e. The molecule has 0 aliphatic carbocycles. The summed E-state index contributed by atoms with van der Waals surface area (Å²) in [6, 6.07) is 13.6. The van der Waals surface area contributed by atoms with E-state index in [-0.39, 0.29) is 5.91 Å². The Morgan fingerprint density at radius 3 is 2.82 bits per heavy atom. The smallest absolute Gasteiger partial charge is 0.276 e. The molecule has 0 unspecified atom stereocenters. The Labute approximate surface area is 161 Å². The van der Waals surface area contributed by atoms with E-state index < -0.39 is 0 Å². The summed E-state index contributed by atoms with van der Waals surface area (Å²) in [4.78, 5) is 23.7. The number of pyridine rings is 1. The van der Waals surface area contributed by atoms with Crippen molar-refractivity contribution in [2.24, 2.45) is 0 Å². The van der Waals surface area contributed by atoms with Crippen molar-refractivity contribution >= 4 is 22.5 Å². The summed E-state index contributed by atoms with van der Waals surface area (Å²) >= 11 is 0. The van der Waals surface area contributed by atoms with Crippen LogP contribution in [0.3, 0.4) is 0 Å². The van der Waals surface area contributed by atoms with Gasteiger partial charge in [-0.3, -0.25) is 4.79 Å². The number of fused-ring (bicyclic) bond motifs is 1. The quantitative estimate of drug-likeness (QED) is 0.601. The van der Waals surface area contributed by atoms with Crippen LogP contribution in [0.25, 0.3) is 22.3 Å². The molecule has 5 rings (SSSR count). The molecule has 7 nitrogen and oxygen atoms in total. The first-order valence-electron chi connectivity index (χ1n) is 9.18. The van der Waals surface area contributed by atoms with Gasteiger partial charge in [-0.15, -0.1) is 5.10 Å². The minimum atomic E-state index is -0.0990. The van der Waals surface area contributed by atoms with Crippen molar-refractivity contribution in [3.63, 3.8) is 0 Å². The zero-order chi connectivity index (χ0) is 18.9. The molecule has 1 amide bonds. The van der Waals surface area contributed by atoms with Crippen LogP contribution >= 0.6 is 0 Å². The molecule has 0 saturated carbocycles. The fourth-order valence-electron chi connectivity index (χ4n) is 3.53. The molecule has 0 fully saturated rings. The van der Waals surface area contributed by atoms with E-state index in [0.29, 0.717) is 18.8 Å². The van der Waals surface area contributed by atoms with E-state index in [4.69, 9.17) is 0 Å². The molecule has 138 valence electrons. The Morgan fingerprint density at radius 1 is 1.11 bits per heavy atom. The number of hydrogen-bond acceptors (Lipinski definition) is 4. The molecule has 0 radical (unpaired) electrons. The maximum absolute atomic E-state index is 12.8. The van der Waals surface area contributed by atoms with Gasteiger partial charge in [0, 0.05) is 36.4 Å². The van der Waals surface area contributed by atoms with E-state index >= 15 is 0 Å². The Hall–Kier alpha value is -3.74. The van der Waals surface area contributed by atoms with Crippen molar-refractivity contribution in [3.05, 3.63) is 78.4 Å². The highest BCUT2D eigenvalue weighted by molar-refractivity contribution is 5.94. The molecule has 7 heteroatoms. The van der Waals surface area contributed by atoms with Crippen molar-refractivity contribution in [1.29, 1.82) is 0 Å². The number of hydrogen-bond donors (Lipinski definition) is 1. The average molecular weight is 370 g/mol. The second kappa shape index (κ2) is 6.77. The van der Waals surface area contributed by atoms with Crippen LogP contribution < -0.4 is 0 Å². The molecular weight excluding hydrogens is 352 g/mol. The predicted molar refractivity (Wildman–Crippen MR) is 106 cm³/mol. The Bertz CT molecular complexity index is 1170. The number of benzene rings is 1. The van der Waals surface area contributed by atoms with Crippen LogP contribution in [-0.4, -0.2) is 48.9 Å². The number of rotatable bonds is 3. The molecule has 4 aromatic rings. The summed E-state index contributed by atoms with van der Waals surface area (Å²) in [5.74, 6) is -0.0990. The maximum atomic E-state index is 12.8. The van der Waals surface area contributed by atoms with E-state index in [2.05, 4.69) is 32.3 Å². The van der Waals surface area contributed by atoms with Crippen LogP contribution in [0.2, 0.25) is 0 Å². The number of carbonyl (C=O) groups excluding carboxylic acids is 1. The zero-order valence-corrected chi connectivity index (χ0v) is 15.1. The van der Waals surface area contributed by atoms with Crippen LogP contribution in [0.4, 0.5) is 0 Å². The second-order valence-corrected chi connectivity index (χ2v) is 6.69. The SMILES string of the molecule is O=C(c1cnn(-c2ccccc2)n1)N1CC=C(c2c[nH]c3ncccc23)CC1. The average Bonchev–Trinajstić information content (AvgIpc) is 3.42. The van der Waals surface area contributed by atoms with Crippen molar-refractivity contribution in [2.75, 3.05) is 13.1 Å². The van der Waals surface area contributed by atoms with E-state index in [1.807, 2.05) is 42.6 Å². The van der Waals surface area contributed by atoms with Crippen LogP contribution in [-0.2, 0) is 0 Å². The summed E-state index contributed by atoms with van der Waals surface area (Å²) in [6.07, 6.45) is 8.20. The fraction of sp³-hybridized carbons (Fsp3) is 0.143. The van der Waals surface area contributed by atoms with Gasteiger partial charge < -0.3 is 9.88 Å². The third-order valence-electron chi connectivity index (χ3n) is 4.99. The highest BCUT2D eigenvalue weighted by Gasteiger charge is 2.23. The summed E-state index contributed by atoms with van der Waals surface area (Å²) in [5.41, 5.74) is 4.46. The molecule has 1 aliphatic rings. The van der Waals surface area contributed by atoms with Gasteiger partial charge in [-0.1, -0.05) is 24.3 Å². The lowest BCUT2D eigenvalue weighted by atomic mass is 9.99. The van der Waals surface area contributed by atoms with Crippen molar-refractivity contribution in [1.82, 2.24) is 29.9 Å². The Balaban J connectivity index is 1.34. The minimum Gasteiger partial charge on any atom is -0.346 e. The van der Waals surface area contributed by atoms with Crippen molar-refractivity contribution in [3.8, 4) is 5.69 Å². The normalized spacial score (nSPS) is 14.3. The minimum absolute atomic E-state index is 0.0990. The van der Waals surface area contributed by atoms with Gasteiger partial charge >= 0.3 is 0 Å². The van der Waals surface area contributed by atoms with E-state index in [9.17, 15) is 4.79 Å². The zero-order valence-electron chi connectivity index (χ0n) is 15.1. The first kappa shape index (κ1) is 16.4. The maximum Gasteiger partial charge on any atom is 0.276 e. The molecule has 1 aromatic carbocycles. The van der Waals surface area contributed by atoms with Gasteiger partial charge in [0.2, 0.25) is 0 Å². The van der Waals surface area contributed by atoms with Crippen LogP contribution in [0.5, 0.6) is 0 Å². The van der Waals surface area contributed by atoms with Crippen LogP contribution in [0.1, 0.15) is 22.5 Å². The Morgan fingerprint density at radius 2 is 2.00 bits per heavy atom. The molecule has 4 heterocycles. The number of nitrogens with one attached hydrogen (secondary N) is 1. The number of amides is 1.